The number of aromatic amines is 1. The second-order valence-corrected chi connectivity index (χ2v) is 16.7. The van der Waals surface area contributed by atoms with Crippen LogP contribution < -0.4 is 19.8 Å². The first kappa shape index (κ1) is 33.4. The molecule has 8 nitrogen and oxygen atoms in total. The van der Waals surface area contributed by atoms with Crippen LogP contribution in [0.2, 0.25) is 0 Å². The number of hydrogen-bond donors (Lipinski definition) is 2. The number of nitrogens with zero attached hydrogens (tertiary/aromatic N) is 1. The number of anilines is 2. The molecule has 3 heterocycles. The predicted octanol–water partition coefficient (Wildman–Crippen LogP) is 8.07. The lowest BCUT2D eigenvalue weighted by atomic mass is 9.68. The summed E-state index contributed by atoms with van der Waals surface area (Å²) in [6.45, 7) is -0.305. The normalized spacial score (nSPS) is 26.0. The molecule has 4 aliphatic rings. The second kappa shape index (κ2) is 12.3. The number of thiazole rings is 1. The fourth-order valence-corrected chi connectivity index (χ4v) is 12.3. The molecule has 1 saturated heterocycles. The molecule has 2 saturated carbocycles. The van der Waals surface area contributed by atoms with Crippen molar-refractivity contribution in [2.75, 3.05) is 16.8 Å². The Morgan fingerprint density at radius 1 is 0.942 bits per heavy atom. The summed E-state index contributed by atoms with van der Waals surface area (Å²) in [6, 6.07) is 23.5. The van der Waals surface area contributed by atoms with Gasteiger partial charge in [-0.05, 0) is 66.0 Å². The Hall–Kier alpha value is -4.40. The fraction of sp³-hybridized carbons (Fsp3) is 0.263. The first-order valence-electron chi connectivity index (χ1n) is 16.6. The molecule has 0 spiro atoms. The molecule has 2 aliphatic heterocycles. The van der Waals surface area contributed by atoms with E-state index >= 15 is 0 Å². The van der Waals surface area contributed by atoms with Crippen LogP contribution in [0.3, 0.4) is 0 Å². The molecule has 4 aromatic carbocycles. The number of imide groups is 1. The smallest absolute Gasteiger partial charge is 0.418 e. The van der Waals surface area contributed by atoms with Crippen LogP contribution in [0.5, 0.6) is 5.75 Å². The Morgan fingerprint density at radius 3 is 2.48 bits per heavy atom. The Kier molecular flexibility index (Phi) is 7.94. The summed E-state index contributed by atoms with van der Waals surface area (Å²) in [5.74, 6) is -4.08. The van der Waals surface area contributed by atoms with E-state index in [0.29, 0.717) is 28.4 Å². The largest absolute Gasteiger partial charge is 0.483 e. The molecule has 3 amide bonds. The van der Waals surface area contributed by atoms with Crippen LogP contribution in [-0.2, 0) is 20.6 Å². The van der Waals surface area contributed by atoms with Crippen molar-refractivity contribution in [1.82, 2.24) is 4.98 Å². The van der Waals surface area contributed by atoms with Crippen molar-refractivity contribution in [2.45, 2.75) is 28.8 Å². The van der Waals surface area contributed by atoms with Gasteiger partial charge in [-0.1, -0.05) is 75.8 Å². The van der Waals surface area contributed by atoms with E-state index in [1.165, 1.54) is 30.0 Å². The molecule has 14 heteroatoms. The van der Waals surface area contributed by atoms with E-state index in [1.54, 1.807) is 12.1 Å². The van der Waals surface area contributed by atoms with Gasteiger partial charge in [0.2, 0.25) is 11.8 Å². The lowest BCUT2D eigenvalue weighted by molar-refractivity contribution is -0.137. The lowest BCUT2D eigenvalue weighted by Crippen LogP contribution is -2.42. The maximum atomic E-state index is 14.2. The molecule has 52 heavy (non-hydrogen) atoms. The number of halogens is 4. The van der Waals surface area contributed by atoms with Crippen molar-refractivity contribution < 1.29 is 32.3 Å². The van der Waals surface area contributed by atoms with E-state index in [1.807, 2.05) is 48.5 Å². The minimum absolute atomic E-state index is 0.204. The van der Waals surface area contributed by atoms with Gasteiger partial charge < -0.3 is 15.0 Å². The molecule has 5 aromatic rings. The van der Waals surface area contributed by atoms with Crippen LogP contribution in [-0.4, -0.2) is 34.6 Å². The van der Waals surface area contributed by atoms with E-state index in [9.17, 15) is 32.3 Å². The summed E-state index contributed by atoms with van der Waals surface area (Å²) in [7, 11) is 0. The van der Waals surface area contributed by atoms with Gasteiger partial charge in [-0.3, -0.25) is 19.2 Å². The quantitative estimate of drug-likeness (QED) is 0.168. The third-order valence-electron chi connectivity index (χ3n) is 10.9. The number of thioether (sulfide) groups is 1. The van der Waals surface area contributed by atoms with E-state index in [0.717, 1.165) is 42.4 Å². The number of carbonyl (C=O) groups is 3. The zero-order valence-corrected chi connectivity index (χ0v) is 30.1. The highest BCUT2D eigenvalue weighted by Gasteiger charge is 2.70. The van der Waals surface area contributed by atoms with Crippen molar-refractivity contribution in [1.29, 1.82) is 0 Å². The maximum Gasteiger partial charge on any atom is 0.418 e. The molecule has 4 unspecified atom stereocenters. The predicted molar refractivity (Wildman–Crippen MR) is 195 cm³/mol. The van der Waals surface area contributed by atoms with E-state index < -0.39 is 47.0 Å². The molecular weight excluding hydrogens is 779 g/mol. The first-order valence-corrected chi connectivity index (χ1v) is 19.1. The van der Waals surface area contributed by atoms with Crippen LogP contribution >= 0.6 is 39.0 Å². The summed E-state index contributed by atoms with van der Waals surface area (Å²) in [5, 5.41) is 5.27. The van der Waals surface area contributed by atoms with E-state index in [-0.39, 0.29) is 40.4 Å². The number of nitrogens with one attached hydrogen (secondary N) is 2. The average Bonchev–Trinajstić information content (AvgIpc) is 3.86. The molecule has 2 N–H and O–H groups in total. The summed E-state index contributed by atoms with van der Waals surface area (Å²) in [4.78, 5) is 58.5. The van der Waals surface area contributed by atoms with Crippen LogP contribution in [0.25, 0.3) is 10.8 Å². The number of H-pyrrole nitrogens is 1. The van der Waals surface area contributed by atoms with Crippen molar-refractivity contribution in [3.8, 4) is 5.75 Å². The zero-order chi connectivity index (χ0) is 36.1. The number of amides is 3. The van der Waals surface area contributed by atoms with Gasteiger partial charge in [0.05, 0.1) is 28.1 Å². The molecule has 1 aromatic heterocycles. The molecule has 264 valence electrons. The highest BCUT2D eigenvalue weighted by atomic mass is 79.9. The van der Waals surface area contributed by atoms with Gasteiger partial charge in [0.1, 0.15) is 5.75 Å². The highest BCUT2D eigenvalue weighted by Crippen LogP contribution is 2.69. The number of rotatable bonds is 6. The SMILES string of the molecule is O=C(COc1ccc(Br)cc1[C@H]1c2sc(=O)[nH]c2SC2C1[C@H]1C[C@@H]2C2C(=O)N(c3ccccc3C(F)(F)F)C(=O)C21)Nc1cccc2ccccc12. The van der Waals surface area contributed by atoms with E-state index in [2.05, 4.69) is 26.2 Å². The van der Waals surface area contributed by atoms with Crippen molar-refractivity contribution in [2.24, 2.45) is 29.6 Å². The van der Waals surface area contributed by atoms with Gasteiger partial charge in [-0.2, -0.15) is 13.2 Å². The molecule has 2 bridgehead atoms. The van der Waals surface area contributed by atoms with E-state index in [4.69, 9.17) is 4.74 Å². The Labute approximate surface area is 310 Å². The summed E-state index contributed by atoms with van der Waals surface area (Å²) in [6.07, 6.45) is -4.21. The second-order valence-electron chi connectivity index (χ2n) is 13.5. The van der Waals surface area contributed by atoms with Crippen molar-refractivity contribution in [3.05, 3.63) is 115 Å². The number of carbonyl (C=O) groups excluding carboxylic acids is 3. The Balaban J connectivity index is 1.06. The topological polar surface area (TPSA) is 109 Å². The molecule has 3 fully saturated rings. The van der Waals surface area contributed by atoms with Crippen LogP contribution in [0, 0.1) is 29.6 Å². The molecule has 0 radical (unpaired) electrons. The fourth-order valence-electron chi connectivity index (χ4n) is 9.07. The first-order chi connectivity index (χ1) is 25.0. The monoisotopic (exact) mass is 805 g/mol. The standard InChI is InChI=1S/C38H27BrF3N3O5S2/c39-18-12-13-26(50-16-27(46)43-24-10-5-7-17-6-1-2-8-19(17)24)20(14-18)28-29-21-15-22(32(29)51-34-33(28)52-37(49)44-34)31-30(21)35(47)45(36(31)48)25-11-4-3-9-23(25)38(40,41)42/h1-14,21-22,28-32H,15-16H2,(H,43,46)(H,44,49)/t21-,22-,28-,29?,30?,31?,32?/m1/s1. The van der Waals surface area contributed by atoms with Crippen LogP contribution in [0.4, 0.5) is 24.5 Å². The molecule has 2 aliphatic carbocycles. The average molecular weight is 807 g/mol. The number of alkyl halides is 3. The maximum absolute atomic E-state index is 14.2. The van der Waals surface area contributed by atoms with Gasteiger partial charge in [-0.15, -0.1) is 11.8 Å². The van der Waals surface area contributed by atoms with Crippen LogP contribution in [0.1, 0.15) is 28.3 Å². The number of fused-ring (bicyclic) bond motifs is 10. The zero-order valence-electron chi connectivity index (χ0n) is 26.9. The molecule has 7 atom stereocenters. The Bertz CT molecular complexity index is 2370. The van der Waals surface area contributed by atoms with Crippen LogP contribution in [0.15, 0.2) is 99.2 Å². The van der Waals surface area contributed by atoms with Gasteiger partial charge in [0, 0.05) is 37.2 Å². The minimum Gasteiger partial charge on any atom is -0.483 e. The highest BCUT2D eigenvalue weighted by molar-refractivity contribution is 9.10. The lowest BCUT2D eigenvalue weighted by Gasteiger charge is -2.43. The number of para-hydroxylation sites is 1. The Morgan fingerprint density at radius 2 is 1.67 bits per heavy atom. The summed E-state index contributed by atoms with van der Waals surface area (Å²) in [5.41, 5.74) is -0.122. The summed E-state index contributed by atoms with van der Waals surface area (Å²) < 4.78 is 49.2. The number of aromatic nitrogens is 1. The number of hydrogen-bond acceptors (Lipinski definition) is 7. The van der Waals surface area contributed by atoms with Gasteiger partial charge in [-0.25, -0.2) is 4.90 Å². The van der Waals surface area contributed by atoms with Gasteiger partial charge in [0.15, 0.2) is 6.61 Å². The third-order valence-corrected chi connectivity index (χ3v) is 14.0. The number of benzene rings is 4. The van der Waals surface area contributed by atoms with Crippen molar-refractivity contribution in [3.63, 3.8) is 0 Å². The molecule has 9 rings (SSSR count). The van der Waals surface area contributed by atoms with Crippen molar-refractivity contribution >= 4 is 78.9 Å². The number of ether oxygens (including phenoxy) is 1. The van der Waals surface area contributed by atoms with Gasteiger partial charge >= 0.3 is 11.0 Å². The van der Waals surface area contributed by atoms with Gasteiger partial charge in [0.25, 0.3) is 5.91 Å². The minimum atomic E-state index is -4.76. The molecular formula is C38H27BrF3N3O5S2. The third kappa shape index (κ3) is 5.24. The summed E-state index contributed by atoms with van der Waals surface area (Å²) >= 11 is 6.13.